The summed E-state index contributed by atoms with van der Waals surface area (Å²) in [6.07, 6.45) is 2.93. The molecule has 1 aliphatic heterocycles. The molecule has 120 valence electrons. The van der Waals surface area contributed by atoms with Crippen LogP contribution >= 0.6 is 0 Å². The lowest BCUT2D eigenvalue weighted by molar-refractivity contribution is 0.0950. The van der Waals surface area contributed by atoms with Crippen LogP contribution in [0.3, 0.4) is 0 Å². The van der Waals surface area contributed by atoms with E-state index in [9.17, 15) is 4.79 Å². The zero-order valence-corrected chi connectivity index (χ0v) is 12.4. The summed E-state index contributed by atoms with van der Waals surface area (Å²) >= 11 is 0. The largest absolute Gasteiger partial charge is 0.463 e. The SMILES string of the molecule is O=C(N/N=C/c1ccco1)c1cc(-c2ccc3c(c2)OCO3)n[nH]1. The number of ether oxygens (including phenoxy) is 2. The quantitative estimate of drug-likeness (QED) is 0.565. The molecule has 0 unspecified atom stereocenters. The molecule has 1 aliphatic rings. The molecule has 8 heteroatoms. The summed E-state index contributed by atoms with van der Waals surface area (Å²) in [5, 5.41) is 10.6. The number of rotatable bonds is 4. The van der Waals surface area contributed by atoms with Gasteiger partial charge >= 0.3 is 0 Å². The number of benzene rings is 1. The zero-order valence-electron chi connectivity index (χ0n) is 12.4. The molecule has 0 fully saturated rings. The summed E-state index contributed by atoms with van der Waals surface area (Å²) in [5.74, 6) is 1.49. The van der Waals surface area contributed by atoms with E-state index in [1.165, 1.54) is 12.5 Å². The van der Waals surface area contributed by atoms with Crippen molar-refractivity contribution in [3.63, 3.8) is 0 Å². The maximum atomic E-state index is 12.0. The van der Waals surface area contributed by atoms with Crippen molar-refractivity contribution in [3.05, 3.63) is 54.1 Å². The molecule has 3 heterocycles. The summed E-state index contributed by atoms with van der Waals surface area (Å²) in [6.45, 7) is 0.209. The Balaban J connectivity index is 1.47. The third-order valence-electron chi connectivity index (χ3n) is 3.39. The van der Waals surface area contributed by atoms with E-state index in [1.54, 1.807) is 24.3 Å². The lowest BCUT2D eigenvalue weighted by Gasteiger charge is -1.98. The average molecular weight is 324 g/mol. The third-order valence-corrected chi connectivity index (χ3v) is 3.39. The molecular weight excluding hydrogens is 312 g/mol. The molecule has 24 heavy (non-hydrogen) atoms. The van der Waals surface area contributed by atoms with Gasteiger partial charge < -0.3 is 13.9 Å². The number of nitrogens with one attached hydrogen (secondary N) is 2. The highest BCUT2D eigenvalue weighted by atomic mass is 16.7. The number of hydrazone groups is 1. The summed E-state index contributed by atoms with van der Waals surface area (Å²) in [6, 6.07) is 10.6. The van der Waals surface area contributed by atoms with E-state index in [0.717, 1.165) is 5.56 Å². The number of amides is 1. The molecule has 8 nitrogen and oxygen atoms in total. The number of aromatic nitrogens is 2. The van der Waals surface area contributed by atoms with Gasteiger partial charge in [-0.25, -0.2) is 5.43 Å². The van der Waals surface area contributed by atoms with E-state index < -0.39 is 5.91 Å². The second kappa shape index (κ2) is 5.92. The maximum Gasteiger partial charge on any atom is 0.289 e. The van der Waals surface area contributed by atoms with Gasteiger partial charge in [-0.15, -0.1) is 0 Å². The van der Waals surface area contributed by atoms with Gasteiger partial charge in [-0.3, -0.25) is 9.89 Å². The van der Waals surface area contributed by atoms with Gasteiger partial charge in [0.05, 0.1) is 18.2 Å². The summed E-state index contributed by atoms with van der Waals surface area (Å²) in [5.41, 5.74) is 4.12. The van der Waals surface area contributed by atoms with E-state index in [2.05, 4.69) is 20.7 Å². The van der Waals surface area contributed by atoms with E-state index in [0.29, 0.717) is 28.6 Å². The number of furan rings is 1. The van der Waals surface area contributed by atoms with Gasteiger partial charge in [-0.1, -0.05) is 0 Å². The molecule has 0 aliphatic carbocycles. The molecule has 2 aromatic heterocycles. The van der Waals surface area contributed by atoms with Crippen molar-refractivity contribution in [2.75, 3.05) is 6.79 Å². The van der Waals surface area contributed by atoms with Gasteiger partial charge in [-0.05, 0) is 36.4 Å². The van der Waals surface area contributed by atoms with Crippen LogP contribution in [0.15, 0.2) is 52.2 Å². The van der Waals surface area contributed by atoms with Crippen LogP contribution in [0, 0.1) is 0 Å². The van der Waals surface area contributed by atoms with Gasteiger partial charge in [0, 0.05) is 5.56 Å². The summed E-state index contributed by atoms with van der Waals surface area (Å²) in [7, 11) is 0. The number of hydrogen-bond donors (Lipinski definition) is 2. The van der Waals surface area contributed by atoms with Crippen LogP contribution in [0.25, 0.3) is 11.3 Å². The molecule has 0 spiro atoms. The van der Waals surface area contributed by atoms with Gasteiger partial charge in [0.1, 0.15) is 11.5 Å². The number of aromatic amines is 1. The summed E-state index contributed by atoms with van der Waals surface area (Å²) < 4.78 is 15.7. The monoisotopic (exact) mass is 324 g/mol. The Kier molecular flexibility index (Phi) is 3.47. The van der Waals surface area contributed by atoms with Crippen molar-refractivity contribution < 1.29 is 18.7 Å². The van der Waals surface area contributed by atoms with Crippen LogP contribution in [0.4, 0.5) is 0 Å². The molecule has 0 atom stereocenters. The Morgan fingerprint density at radius 1 is 1.25 bits per heavy atom. The number of nitrogens with zero attached hydrogens (tertiary/aromatic N) is 2. The minimum absolute atomic E-state index is 0.209. The highest BCUT2D eigenvalue weighted by Crippen LogP contribution is 2.35. The van der Waals surface area contributed by atoms with E-state index in [-0.39, 0.29) is 6.79 Å². The Morgan fingerprint density at radius 2 is 2.17 bits per heavy atom. The highest BCUT2D eigenvalue weighted by molar-refractivity contribution is 5.94. The Bertz CT molecular complexity index is 899. The van der Waals surface area contributed by atoms with Crippen molar-refractivity contribution in [1.82, 2.24) is 15.6 Å². The van der Waals surface area contributed by atoms with E-state index >= 15 is 0 Å². The Hall–Kier alpha value is -3.55. The van der Waals surface area contributed by atoms with Crippen LogP contribution < -0.4 is 14.9 Å². The molecule has 0 saturated carbocycles. The standard InChI is InChI=1S/C16H12N4O4/c21-16(20-17-8-11-2-1-5-22-11)13-7-12(18-19-13)10-3-4-14-15(6-10)24-9-23-14/h1-8H,9H2,(H,18,19)(H,20,21)/b17-8+. The average Bonchev–Trinajstić information content (AvgIpc) is 3.34. The number of fused-ring (bicyclic) bond motifs is 1. The number of H-pyrrole nitrogens is 1. The number of carbonyl (C=O) groups is 1. The van der Waals surface area contributed by atoms with Crippen molar-refractivity contribution in [2.24, 2.45) is 5.10 Å². The van der Waals surface area contributed by atoms with Crippen LogP contribution in [0.2, 0.25) is 0 Å². The first-order valence-corrected chi connectivity index (χ1v) is 7.12. The first-order chi connectivity index (χ1) is 11.8. The second-order valence-corrected chi connectivity index (χ2v) is 4.95. The zero-order chi connectivity index (χ0) is 16.4. The molecule has 1 amide bonds. The first-order valence-electron chi connectivity index (χ1n) is 7.12. The second-order valence-electron chi connectivity index (χ2n) is 4.95. The molecular formula is C16H12N4O4. The lowest BCUT2D eigenvalue weighted by atomic mass is 10.1. The lowest BCUT2D eigenvalue weighted by Crippen LogP contribution is -2.17. The molecule has 0 radical (unpaired) electrons. The Morgan fingerprint density at radius 3 is 3.04 bits per heavy atom. The number of hydrogen-bond acceptors (Lipinski definition) is 6. The van der Waals surface area contributed by atoms with E-state index in [1.807, 2.05) is 12.1 Å². The fourth-order valence-corrected chi connectivity index (χ4v) is 2.22. The molecule has 4 rings (SSSR count). The fourth-order valence-electron chi connectivity index (χ4n) is 2.22. The summed E-state index contributed by atoms with van der Waals surface area (Å²) in [4.78, 5) is 12.0. The van der Waals surface area contributed by atoms with Gasteiger partial charge in [0.15, 0.2) is 11.5 Å². The van der Waals surface area contributed by atoms with Crippen molar-refractivity contribution >= 4 is 12.1 Å². The topological polar surface area (TPSA) is 102 Å². The van der Waals surface area contributed by atoms with E-state index in [4.69, 9.17) is 13.9 Å². The van der Waals surface area contributed by atoms with Crippen LogP contribution in [0.5, 0.6) is 11.5 Å². The van der Waals surface area contributed by atoms with Crippen molar-refractivity contribution in [1.29, 1.82) is 0 Å². The molecule has 0 bridgehead atoms. The predicted octanol–water partition coefficient (Wildman–Crippen LogP) is 2.16. The predicted molar refractivity (Wildman–Crippen MR) is 83.9 cm³/mol. The van der Waals surface area contributed by atoms with Gasteiger partial charge in [-0.2, -0.15) is 10.2 Å². The minimum atomic E-state index is -0.405. The third kappa shape index (κ3) is 2.72. The Labute approximate surface area is 136 Å². The number of carbonyl (C=O) groups excluding carboxylic acids is 1. The van der Waals surface area contributed by atoms with Crippen LogP contribution in [0.1, 0.15) is 16.2 Å². The maximum absolute atomic E-state index is 12.0. The minimum Gasteiger partial charge on any atom is -0.463 e. The first kappa shape index (κ1) is 14.1. The molecule has 1 aromatic carbocycles. The van der Waals surface area contributed by atoms with Crippen LogP contribution in [-0.2, 0) is 0 Å². The van der Waals surface area contributed by atoms with Gasteiger partial charge in [0.2, 0.25) is 6.79 Å². The van der Waals surface area contributed by atoms with Crippen molar-refractivity contribution in [3.8, 4) is 22.8 Å². The smallest absolute Gasteiger partial charge is 0.289 e. The molecule has 3 aromatic rings. The van der Waals surface area contributed by atoms with Crippen LogP contribution in [-0.4, -0.2) is 29.1 Å². The molecule has 0 saturated heterocycles. The van der Waals surface area contributed by atoms with Gasteiger partial charge in [0.25, 0.3) is 5.91 Å². The highest BCUT2D eigenvalue weighted by Gasteiger charge is 2.16. The molecule has 2 N–H and O–H groups in total. The normalized spacial score (nSPS) is 12.7. The fraction of sp³-hybridized carbons (Fsp3) is 0.0625. The van der Waals surface area contributed by atoms with Crippen molar-refractivity contribution in [2.45, 2.75) is 0 Å².